The summed E-state index contributed by atoms with van der Waals surface area (Å²) in [4.78, 5) is 2.50. The van der Waals surface area contributed by atoms with Crippen LogP contribution in [0, 0.1) is 5.41 Å². The number of anilines is 1. The molecule has 18 heavy (non-hydrogen) atoms. The predicted molar refractivity (Wildman–Crippen MR) is 83.9 cm³/mol. The van der Waals surface area contributed by atoms with E-state index in [-0.39, 0.29) is 0 Å². The highest BCUT2D eigenvalue weighted by Gasteiger charge is 2.24. The van der Waals surface area contributed by atoms with Gasteiger partial charge in [0, 0.05) is 34.7 Å². The zero-order valence-corrected chi connectivity index (χ0v) is 13.5. The van der Waals surface area contributed by atoms with Gasteiger partial charge in [0.05, 0.1) is 0 Å². The van der Waals surface area contributed by atoms with Crippen LogP contribution >= 0.6 is 27.5 Å². The van der Waals surface area contributed by atoms with E-state index in [9.17, 15) is 0 Å². The molecule has 1 heterocycles. The average molecular weight is 331 g/mol. The number of halogens is 2. The first kappa shape index (κ1) is 14.2. The van der Waals surface area contributed by atoms with Gasteiger partial charge >= 0.3 is 0 Å². The second kappa shape index (κ2) is 5.83. The quantitative estimate of drug-likeness (QED) is 0.669. The Labute approximate surface area is 124 Å². The molecule has 0 aromatic heterocycles. The summed E-state index contributed by atoms with van der Waals surface area (Å²) in [5, 5.41) is 1.69. The van der Waals surface area contributed by atoms with Gasteiger partial charge in [0.2, 0.25) is 0 Å². The van der Waals surface area contributed by atoms with Crippen molar-refractivity contribution in [2.45, 2.75) is 38.4 Å². The first-order valence-corrected chi connectivity index (χ1v) is 8.12. The van der Waals surface area contributed by atoms with E-state index in [0.29, 0.717) is 5.41 Å². The fourth-order valence-corrected chi connectivity index (χ4v) is 3.63. The number of hydrogen-bond donors (Lipinski definition) is 0. The molecule has 1 fully saturated rings. The standard InChI is InChI=1S/C15H21BrClN/c1-15(2)7-4-9-18(10-8-15)14-6-3-5-13(17)12(14)11-16/h3,5-6H,4,7-11H2,1-2H3. The van der Waals surface area contributed by atoms with Gasteiger partial charge in [-0.1, -0.05) is 47.4 Å². The van der Waals surface area contributed by atoms with E-state index in [1.54, 1.807) is 0 Å². The van der Waals surface area contributed by atoms with E-state index < -0.39 is 0 Å². The van der Waals surface area contributed by atoms with Crippen LogP contribution in [0.25, 0.3) is 0 Å². The molecular formula is C15H21BrClN. The van der Waals surface area contributed by atoms with Gasteiger partial charge in [-0.05, 0) is 36.8 Å². The van der Waals surface area contributed by atoms with Gasteiger partial charge in [-0.25, -0.2) is 0 Å². The third-order valence-electron chi connectivity index (χ3n) is 3.91. The third-order valence-corrected chi connectivity index (χ3v) is 4.82. The molecule has 0 radical (unpaired) electrons. The lowest BCUT2D eigenvalue weighted by Crippen LogP contribution is -2.26. The lowest BCUT2D eigenvalue weighted by Gasteiger charge is -2.27. The Balaban J connectivity index is 2.24. The zero-order chi connectivity index (χ0) is 13.2. The Kier molecular flexibility index (Phi) is 4.60. The summed E-state index contributed by atoms with van der Waals surface area (Å²) < 4.78 is 0. The summed E-state index contributed by atoms with van der Waals surface area (Å²) in [5.41, 5.74) is 3.00. The highest BCUT2D eigenvalue weighted by atomic mass is 79.9. The molecular weight excluding hydrogens is 310 g/mol. The number of benzene rings is 1. The van der Waals surface area contributed by atoms with Crippen LogP contribution in [-0.4, -0.2) is 13.1 Å². The molecule has 0 unspecified atom stereocenters. The van der Waals surface area contributed by atoms with Crippen molar-refractivity contribution >= 4 is 33.2 Å². The van der Waals surface area contributed by atoms with Crippen LogP contribution in [0.4, 0.5) is 5.69 Å². The molecule has 0 bridgehead atoms. The van der Waals surface area contributed by atoms with Crippen molar-refractivity contribution in [3.8, 4) is 0 Å². The minimum atomic E-state index is 0.474. The highest BCUT2D eigenvalue weighted by Crippen LogP contribution is 2.35. The summed E-state index contributed by atoms with van der Waals surface area (Å²) >= 11 is 9.85. The molecule has 1 saturated heterocycles. The number of alkyl halides is 1. The summed E-state index contributed by atoms with van der Waals surface area (Å²) in [6.07, 6.45) is 3.83. The van der Waals surface area contributed by atoms with Crippen LogP contribution in [0.2, 0.25) is 5.02 Å². The van der Waals surface area contributed by atoms with Gasteiger partial charge in [0.25, 0.3) is 0 Å². The Morgan fingerprint density at radius 3 is 2.78 bits per heavy atom. The molecule has 0 atom stereocenters. The first-order valence-electron chi connectivity index (χ1n) is 6.62. The number of hydrogen-bond acceptors (Lipinski definition) is 1. The lowest BCUT2D eigenvalue weighted by molar-refractivity contribution is 0.325. The summed E-state index contributed by atoms with van der Waals surface area (Å²) in [6, 6.07) is 6.23. The fourth-order valence-electron chi connectivity index (χ4n) is 2.64. The molecule has 1 aromatic carbocycles. The third kappa shape index (κ3) is 3.21. The molecule has 0 aliphatic carbocycles. The Morgan fingerprint density at radius 2 is 2.06 bits per heavy atom. The van der Waals surface area contributed by atoms with E-state index in [1.165, 1.54) is 30.5 Å². The molecule has 1 aliphatic heterocycles. The largest absolute Gasteiger partial charge is 0.371 e. The molecule has 0 N–H and O–H groups in total. The van der Waals surface area contributed by atoms with Crippen molar-refractivity contribution in [1.29, 1.82) is 0 Å². The van der Waals surface area contributed by atoms with Crippen molar-refractivity contribution in [1.82, 2.24) is 0 Å². The van der Waals surface area contributed by atoms with Crippen LogP contribution < -0.4 is 4.90 Å². The second-order valence-corrected chi connectivity index (χ2v) is 6.84. The summed E-state index contributed by atoms with van der Waals surface area (Å²) in [6.45, 7) is 7.02. The number of nitrogens with zero attached hydrogens (tertiary/aromatic N) is 1. The topological polar surface area (TPSA) is 3.24 Å². The maximum Gasteiger partial charge on any atom is 0.0467 e. The van der Waals surface area contributed by atoms with Gasteiger partial charge in [0.1, 0.15) is 0 Å². The molecule has 1 nitrogen and oxygen atoms in total. The van der Waals surface area contributed by atoms with Gasteiger partial charge in [0.15, 0.2) is 0 Å². The van der Waals surface area contributed by atoms with Gasteiger partial charge in [-0.3, -0.25) is 0 Å². The normalized spacial score (nSPS) is 19.7. The van der Waals surface area contributed by atoms with E-state index in [1.807, 2.05) is 6.07 Å². The monoisotopic (exact) mass is 329 g/mol. The number of rotatable bonds is 2. The molecule has 0 spiro atoms. The second-order valence-electron chi connectivity index (χ2n) is 5.88. The van der Waals surface area contributed by atoms with Crippen molar-refractivity contribution < 1.29 is 0 Å². The summed E-state index contributed by atoms with van der Waals surface area (Å²) in [5.74, 6) is 0. The minimum absolute atomic E-state index is 0.474. The molecule has 2 rings (SSSR count). The van der Waals surface area contributed by atoms with Crippen LogP contribution in [-0.2, 0) is 5.33 Å². The Hall–Kier alpha value is -0.210. The summed E-state index contributed by atoms with van der Waals surface area (Å²) in [7, 11) is 0. The van der Waals surface area contributed by atoms with E-state index in [2.05, 4.69) is 46.8 Å². The Bertz CT molecular complexity index is 417. The van der Waals surface area contributed by atoms with Crippen molar-refractivity contribution in [3.05, 3.63) is 28.8 Å². The average Bonchev–Trinajstić information content (AvgIpc) is 2.50. The van der Waals surface area contributed by atoms with E-state index in [0.717, 1.165) is 23.4 Å². The maximum absolute atomic E-state index is 6.29. The molecule has 0 saturated carbocycles. The zero-order valence-electron chi connectivity index (χ0n) is 11.2. The van der Waals surface area contributed by atoms with Gasteiger partial charge in [-0.15, -0.1) is 0 Å². The minimum Gasteiger partial charge on any atom is -0.371 e. The molecule has 100 valence electrons. The van der Waals surface area contributed by atoms with Crippen LogP contribution in [0.3, 0.4) is 0 Å². The predicted octanol–water partition coefficient (Wildman–Crippen LogP) is 5.25. The van der Waals surface area contributed by atoms with Gasteiger partial charge < -0.3 is 4.90 Å². The van der Waals surface area contributed by atoms with Crippen molar-refractivity contribution in [2.24, 2.45) is 5.41 Å². The van der Waals surface area contributed by atoms with Crippen LogP contribution in [0.15, 0.2) is 18.2 Å². The lowest BCUT2D eigenvalue weighted by atomic mass is 9.85. The molecule has 1 aromatic rings. The van der Waals surface area contributed by atoms with E-state index >= 15 is 0 Å². The van der Waals surface area contributed by atoms with E-state index in [4.69, 9.17) is 11.6 Å². The van der Waals surface area contributed by atoms with Crippen molar-refractivity contribution in [2.75, 3.05) is 18.0 Å². The highest BCUT2D eigenvalue weighted by molar-refractivity contribution is 9.08. The fraction of sp³-hybridized carbons (Fsp3) is 0.600. The molecule has 0 amide bonds. The molecule has 3 heteroatoms. The Morgan fingerprint density at radius 1 is 1.28 bits per heavy atom. The van der Waals surface area contributed by atoms with Gasteiger partial charge in [-0.2, -0.15) is 0 Å². The maximum atomic E-state index is 6.29. The first-order chi connectivity index (χ1) is 8.53. The SMILES string of the molecule is CC1(C)CCCN(c2cccc(Cl)c2CBr)CC1. The van der Waals surface area contributed by atoms with Crippen LogP contribution in [0.1, 0.15) is 38.7 Å². The van der Waals surface area contributed by atoms with Crippen LogP contribution in [0.5, 0.6) is 0 Å². The van der Waals surface area contributed by atoms with Crippen molar-refractivity contribution in [3.63, 3.8) is 0 Å². The smallest absolute Gasteiger partial charge is 0.0467 e. The molecule has 1 aliphatic rings.